The van der Waals surface area contributed by atoms with Crippen LogP contribution in [0.25, 0.3) is 0 Å². The van der Waals surface area contributed by atoms with Gasteiger partial charge in [0.15, 0.2) is 24.8 Å². The summed E-state index contributed by atoms with van der Waals surface area (Å²) in [5.74, 6) is -1.18. The van der Waals surface area contributed by atoms with Crippen molar-refractivity contribution in [2.24, 2.45) is 45.3 Å². The Morgan fingerprint density at radius 1 is 0.864 bits per heavy atom. The fraction of sp³-hybridized carbons (Fsp3) is 0.867. The molecule has 0 aromatic heterocycles. The van der Waals surface area contributed by atoms with E-state index in [0.29, 0.717) is 12.8 Å². The molecular weight excluding hydrogens is 764 g/mol. The van der Waals surface area contributed by atoms with E-state index >= 15 is 0 Å². The number of hydrogen-bond donors (Lipinski definition) is 6. The topological polar surface area (TPSA) is 211 Å². The van der Waals surface area contributed by atoms with Crippen LogP contribution >= 0.6 is 0 Å². The van der Waals surface area contributed by atoms with E-state index in [4.69, 9.17) is 28.4 Å². The van der Waals surface area contributed by atoms with Crippen LogP contribution in [0.15, 0.2) is 23.3 Å². The van der Waals surface area contributed by atoms with E-state index in [2.05, 4.69) is 61.5 Å². The average Bonchev–Trinajstić information content (AvgIpc) is 3.37. The molecule has 14 nitrogen and oxygen atoms in total. The number of hydrogen-bond acceptors (Lipinski definition) is 14. The predicted octanol–water partition coefficient (Wildman–Crippen LogP) is 3.71. The Morgan fingerprint density at radius 2 is 1.53 bits per heavy atom. The predicted molar refractivity (Wildman–Crippen MR) is 214 cm³/mol. The van der Waals surface area contributed by atoms with Crippen LogP contribution in [0.4, 0.5) is 0 Å². The first-order chi connectivity index (χ1) is 27.5. The Bertz CT molecular complexity index is 1590. The molecule has 2 heterocycles. The van der Waals surface area contributed by atoms with Crippen molar-refractivity contribution >= 4 is 11.9 Å². The highest BCUT2D eigenvalue weighted by atomic mass is 16.7. The first-order valence-corrected chi connectivity index (χ1v) is 21.8. The van der Waals surface area contributed by atoms with Crippen LogP contribution < -0.4 is 0 Å². The summed E-state index contributed by atoms with van der Waals surface area (Å²) in [6.07, 6.45) is -3.48. The van der Waals surface area contributed by atoms with Crippen molar-refractivity contribution in [2.45, 2.75) is 188 Å². The summed E-state index contributed by atoms with van der Waals surface area (Å²) in [6, 6.07) is 0. The average molecular weight is 837 g/mol. The van der Waals surface area contributed by atoms with Crippen molar-refractivity contribution in [3.8, 4) is 0 Å². The smallest absolute Gasteiger partial charge is 0.303 e. The Morgan fingerprint density at radius 3 is 2.15 bits per heavy atom. The molecule has 0 amide bonds. The molecule has 2 saturated heterocycles. The van der Waals surface area contributed by atoms with Crippen molar-refractivity contribution in [2.75, 3.05) is 13.2 Å². The summed E-state index contributed by atoms with van der Waals surface area (Å²) in [5, 5.41) is 66.1. The molecule has 0 bridgehead atoms. The molecule has 2 aliphatic heterocycles. The van der Waals surface area contributed by atoms with Gasteiger partial charge in [-0.1, -0.05) is 64.8 Å². The van der Waals surface area contributed by atoms with Crippen molar-refractivity contribution in [1.82, 2.24) is 0 Å². The van der Waals surface area contributed by atoms with E-state index in [9.17, 15) is 40.2 Å². The highest BCUT2D eigenvalue weighted by Gasteiger charge is 2.72. The number of carbonyl (C=O) groups excluding carboxylic acids is 2. The van der Waals surface area contributed by atoms with Crippen molar-refractivity contribution < 1.29 is 68.6 Å². The van der Waals surface area contributed by atoms with Gasteiger partial charge in [0.2, 0.25) is 0 Å². The second kappa shape index (κ2) is 17.3. The summed E-state index contributed by atoms with van der Waals surface area (Å²) in [4.78, 5) is 24.0. The van der Waals surface area contributed by atoms with Crippen molar-refractivity contribution in [3.63, 3.8) is 0 Å². The number of ether oxygens (including phenoxy) is 6. The Kier molecular flexibility index (Phi) is 13.6. The molecule has 59 heavy (non-hydrogen) atoms. The normalized spacial score (nSPS) is 47.1. The second-order valence-corrected chi connectivity index (χ2v) is 20.3. The molecule has 0 aromatic rings. The third-order valence-electron chi connectivity index (χ3n) is 16.0. The van der Waals surface area contributed by atoms with E-state index in [1.54, 1.807) is 0 Å². The maximum absolute atomic E-state index is 12.6. The zero-order chi connectivity index (χ0) is 43.6. The lowest BCUT2D eigenvalue weighted by molar-refractivity contribution is -0.317. The van der Waals surface area contributed by atoms with Gasteiger partial charge in [0.05, 0.1) is 31.5 Å². The van der Waals surface area contributed by atoms with Crippen molar-refractivity contribution in [3.05, 3.63) is 23.3 Å². The SMILES string of the molecule is CC(=O)O[C@@H]1[C@@H](O[C@H]2C[C@]3(C)[C@H]4[C@H](O)C=C5[C@@H](CC[C@@H](O[C@H]6OC[C@H](O)[C@@H](OC(C)=O)[C@@H]6O)C5(C)C)[C@]4(C)CC[C@@]3(C)[C@@H]2[C@@H](C)CCC=C(C)C)O[C@@H](CO)[C@H](O)[C@H]1O. The molecule has 6 N–H and O–H groups in total. The number of rotatable bonds is 11. The second-order valence-electron chi connectivity index (χ2n) is 20.3. The van der Waals surface area contributed by atoms with Gasteiger partial charge in [-0.15, -0.1) is 0 Å². The third-order valence-corrected chi connectivity index (χ3v) is 16.0. The van der Waals surface area contributed by atoms with Crippen molar-refractivity contribution in [1.29, 1.82) is 0 Å². The number of allylic oxidation sites excluding steroid dienone is 2. The van der Waals surface area contributed by atoms with Crippen LogP contribution in [-0.2, 0) is 38.0 Å². The maximum Gasteiger partial charge on any atom is 0.303 e. The van der Waals surface area contributed by atoms with E-state index in [-0.39, 0.29) is 41.1 Å². The Hall–Kier alpha value is -1.98. The highest BCUT2D eigenvalue weighted by Crippen LogP contribution is 2.75. The molecule has 5 fully saturated rings. The molecule has 0 unspecified atom stereocenters. The number of aliphatic hydroxyl groups is 6. The lowest BCUT2D eigenvalue weighted by Crippen LogP contribution is -2.63. The van der Waals surface area contributed by atoms with E-state index in [1.165, 1.54) is 19.4 Å². The zero-order valence-electron chi connectivity index (χ0n) is 36.7. The van der Waals surface area contributed by atoms with Crippen LogP contribution in [0.2, 0.25) is 0 Å². The minimum absolute atomic E-state index is 0.0184. The molecule has 4 aliphatic carbocycles. The van der Waals surface area contributed by atoms with Gasteiger partial charge in [0.1, 0.15) is 30.5 Å². The lowest BCUT2D eigenvalue weighted by atomic mass is 9.38. The summed E-state index contributed by atoms with van der Waals surface area (Å²) in [5.41, 5.74) is 0.690. The fourth-order valence-corrected chi connectivity index (χ4v) is 13.1. The molecule has 3 saturated carbocycles. The summed E-state index contributed by atoms with van der Waals surface area (Å²) < 4.78 is 36.1. The van der Waals surface area contributed by atoms with Gasteiger partial charge in [-0.25, -0.2) is 0 Å². The van der Waals surface area contributed by atoms with Crippen LogP contribution in [0, 0.1) is 45.3 Å². The van der Waals surface area contributed by atoms with Gasteiger partial charge in [0, 0.05) is 25.2 Å². The fourth-order valence-electron chi connectivity index (χ4n) is 13.1. The van der Waals surface area contributed by atoms with E-state index < -0.39 is 103 Å². The zero-order valence-corrected chi connectivity index (χ0v) is 36.7. The summed E-state index contributed by atoms with van der Waals surface area (Å²) in [6.45, 7) is 19.3. The highest BCUT2D eigenvalue weighted by molar-refractivity contribution is 5.66. The van der Waals surface area contributed by atoms with Crippen LogP contribution in [0.5, 0.6) is 0 Å². The summed E-state index contributed by atoms with van der Waals surface area (Å²) in [7, 11) is 0. The van der Waals surface area contributed by atoms with Crippen LogP contribution in [-0.4, -0.2) is 129 Å². The van der Waals surface area contributed by atoms with Gasteiger partial charge >= 0.3 is 11.9 Å². The third kappa shape index (κ3) is 8.22. The minimum Gasteiger partial charge on any atom is -0.457 e. The number of esters is 2. The molecule has 19 atom stereocenters. The standard InChI is InChI=1S/C45H72O14/c1-22(2)12-11-13-23(3)33-30(57-41-38(56-25(5)48)35(52)34(51)31(20-46)58-41)19-45(10)39-28(49)18-27-26(43(39,8)16-17-44(33,45)9)14-15-32(42(27,6)7)59-40-36(53)37(55-24(4)47)29(50)21-54-40/h12,18,23,26,28-41,46,49-53H,11,13-17,19-21H2,1-10H3/t23-,26+,28+,29-,30-,31-,32+,33+,34-,35+,36-,37+,38-,39-,40+,41-,43-,44-,45+/m0/s1. The van der Waals surface area contributed by atoms with Gasteiger partial charge in [0.25, 0.3) is 0 Å². The van der Waals surface area contributed by atoms with Gasteiger partial charge < -0.3 is 59.1 Å². The molecule has 0 aromatic carbocycles. The summed E-state index contributed by atoms with van der Waals surface area (Å²) >= 11 is 0. The monoisotopic (exact) mass is 836 g/mol. The quantitative estimate of drug-likeness (QED) is 0.130. The molecule has 0 spiro atoms. The van der Waals surface area contributed by atoms with Gasteiger partial charge in [-0.2, -0.15) is 0 Å². The first-order valence-electron chi connectivity index (χ1n) is 21.8. The maximum atomic E-state index is 12.6. The van der Waals surface area contributed by atoms with Crippen LogP contribution in [0.1, 0.15) is 114 Å². The lowest BCUT2D eigenvalue weighted by Gasteiger charge is -2.67. The molecule has 336 valence electrons. The van der Waals surface area contributed by atoms with E-state index in [1.807, 2.05) is 6.08 Å². The molecule has 6 rings (SSSR count). The molecular formula is C45H72O14. The minimum atomic E-state index is -1.54. The molecule has 0 radical (unpaired) electrons. The molecule has 6 aliphatic rings. The Balaban J connectivity index is 1.33. The number of carbonyl (C=O) groups is 2. The largest absolute Gasteiger partial charge is 0.457 e. The number of fused-ring (bicyclic) bond motifs is 5. The number of aliphatic hydroxyl groups excluding tert-OH is 6. The van der Waals surface area contributed by atoms with E-state index in [0.717, 1.165) is 37.7 Å². The first kappa shape index (κ1) is 46.5. The molecule has 14 heteroatoms. The van der Waals surface area contributed by atoms with Crippen LogP contribution in [0.3, 0.4) is 0 Å². The van der Waals surface area contributed by atoms with Gasteiger partial charge in [-0.3, -0.25) is 9.59 Å². The van der Waals surface area contributed by atoms with Gasteiger partial charge in [-0.05, 0) is 92.8 Å². The Labute approximate surface area is 349 Å².